The van der Waals surface area contributed by atoms with E-state index >= 15 is 0 Å². The summed E-state index contributed by atoms with van der Waals surface area (Å²) in [6.07, 6.45) is 2.13. The Bertz CT molecular complexity index is 366. The van der Waals surface area contributed by atoms with E-state index in [0.717, 1.165) is 25.8 Å². The van der Waals surface area contributed by atoms with Crippen molar-refractivity contribution in [1.29, 1.82) is 0 Å². The summed E-state index contributed by atoms with van der Waals surface area (Å²) in [4.78, 5) is 25.7. The second-order valence-corrected chi connectivity index (χ2v) is 5.68. The molecule has 19 heavy (non-hydrogen) atoms. The minimum Gasteiger partial charge on any atom is -0.391 e. The molecule has 0 saturated carbocycles. The fourth-order valence-corrected chi connectivity index (χ4v) is 3.22. The Morgan fingerprint density at radius 3 is 2.79 bits per heavy atom. The molecule has 0 aliphatic carbocycles. The van der Waals surface area contributed by atoms with Gasteiger partial charge in [-0.1, -0.05) is 6.92 Å². The van der Waals surface area contributed by atoms with Crippen molar-refractivity contribution in [3.05, 3.63) is 0 Å². The molecule has 2 fully saturated rings. The van der Waals surface area contributed by atoms with Gasteiger partial charge in [0.15, 0.2) is 0 Å². The Labute approximate surface area is 113 Å². The summed E-state index contributed by atoms with van der Waals surface area (Å²) in [5, 5.41) is 13.0. The van der Waals surface area contributed by atoms with Crippen LogP contribution in [0.2, 0.25) is 0 Å². The molecule has 3 unspecified atom stereocenters. The van der Waals surface area contributed by atoms with Gasteiger partial charge in [0.2, 0.25) is 11.8 Å². The number of rotatable bonds is 3. The molecule has 3 atom stereocenters. The third-order valence-electron chi connectivity index (χ3n) is 4.47. The van der Waals surface area contributed by atoms with E-state index in [2.05, 4.69) is 5.32 Å². The third kappa shape index (κ3) is 2.60. The number of aliphatic hydroxyl groups is 1. The Morgan fingerprint density at radius 2 is 2.26 bits per heavy atom. The predicted octanol–water partition coefficient (Wildman–Crippen LogP) is -0.787. The minimum absolute atomic E-state index is 0.0393. The maximum atomic E-state index is 12.8. The van der Waals surface area contributed by atoms with Gasteiger partial charge in [-0.25, -0.2) is 0 Å². The van der Waals surface area contributed by atoms with Crippen LogP contribution in [-0.2, 0) is 9.59 Å². The molecule has 6 heteroatoms. The van der Waals surface area contributed by atoms with Crippen molar-refractivity contribution in [2.75, 3.05) is 19.6 Å². The molecule has 0 aromatic carbocycles. The standard InChI is InChI=1S/C13H23N3O3/c1-2-13(4-3-5-15-8-13)12(19)16-7-9(17)6-10(16)11(14)18/h9-10,15,17H,2-8H2,1H3,(H2,14,18). The van der Waals surface area contributed by atoms with Gasteiger partial charge in [-0.15, -0.1) is 0 Å². The number of primary amides is 1. The third-order valence-corrected chi connectivity index (χ3v) is 4.47. The summed E-state index contributed by atoms with van der Waals surface area (Å²) in [6.45, 7) is 3.78. The first kappa shape index (κ1) is 14.3. The maximum absolute atomic E-state index is 12.8. The van der Waals surface area contributed by atoms with Crippen LogP contribution in [0.3, 0.4) is 0 Å². The zero-order chi connectivity index (χ0) is 14.0. The second-order valence-electron chi connectivity index (χ2n) is 5.68. The monoisotopic (exact) mass is 269 g/mol. The topological polar surface area (TPSA) is 95.7 Å². The number of hydrogen-bond acceptors (Lipinski definition) is 4. The first-order valence-electron chi connectivity index (χ1n) is 6.99. The highest BCUT2D eigenvalue weighted by atomic mass is 16.3. The lowest BCUT2D eigenvalue weighted by Crippen LogP contribution is -2.55. The van der Waals surface area contributed by atoms with Crippen LogP contribution in [-0.4, -0.2) is 53.6 Å². The number of carbonyl (C=O) groups excluding carboxylic acids is 2. The van der Waals surface area contributed by atoms with Crippen LogP contribution in [0.25, 0.3) is 0 Å². The van der Waals surface area contributed by atoms with Crippen LogP contribution >= 0.6 is 0 Å². The SMILES string of the molecule is CCC1(C(=O)N2CC(O)CC2C(N)=O)CCCNC1. The van der Waals surface area contributed by atoms with Crippen LogP contribution < -0.4 is 11.1 Å². The van der Waals surface area contributed by atoms with E-state index in [1.807, 2.05) is 6.92 Å². The molecule has 2 rings (SSSR count). The van der Waals surface area contributed by atoms with Crippen molar-refractivity contribution in [3.8, 4) is 0 Å². The molecule has 0 aromatic rings. The average Bonchev–Trinajstić information content (AvgIpc) is 2.81. The van der Waals surface area contributed by atoms with Gasteiger partial charge in [-0.3, -0.25) is 9.59 Å². The van der Waals surface area contributed by atoms with E-state index in [9.17, 15) is 14.7 Å². The molecule has 2 heterocycles. The Hall–Kier alpha value is -1.14. The molecule has 108 valence electrons. The van der Waals surface area contributed by atoms with Crippen molar-refractivity contribution in [2.24, 2.45) is 11.1 Å². The number of β-amino-alcohol motifs (C(OH)–C–C–N with tert-alkyl or cyclic N) is 1. The first-order valence-corrected chi connectivity index (χ1v) is 6.99. The molecular weight excluding hydrogens is 246 g/mol. The highest BCUT2D eigenvalue weighted by molar-refractivity contribution is 5.90. The molecule has 4 N–H and O–H groups in total. The van der Waals surface area contributed by atoms with Gasteiger partial charge in [-0.2, -0.15) is 0 Å². The summed E-state index contributed by atoms with van der Waals surface area (Å²) >= 11 is 0. The lowest BCUT2D eigenvalue weighted by molar-refractivity contribution is -0.147. The van der Waals surface area contributed by atoms with E-state index in [1.165, 1.54) is 4.90 Å². The number of hydrogen-bond donors (Lipinski definition) is 3. The molecule has 0 aromatic heterocycles. The fraction of sp³-hybridized carbons (Fsp3) is 0.846. The molecule has 0 spiro atoms. The highest BCUT2D eigenvalue weighted by Gasteiger charge is 2.46. The second kappa shape index (κ2) is 5.46. The van der Waals surface area contributed by atoms with E-state index < -0.39 is 23.5 Å². The predicted molar refractivity (Wildman–Crippen MR) is 70.1 cm³/mol. The number of carbonyl (C=O) groups is 2. The lowest BCUT2D eigenvalue weighted by atomic mass is 9.77. The van der Waals surface area contributed by atoms with Crippen LogP contribution in [0.5, 0.6) is 0 Å². The van der Waals surface area contributed by atoms with E-state index in [4.69, 9.17) is 5.73 Å². The largest absolute Gasteiger partial charge is 0.391 e. The first-order chi connectivity index (χ1) is 9.00. The molecule has 0 bridgehead atoms. The number of likely N-dealkylation sites (tertiary alicyclic amines) is 1. The smallest absolute Gasteiger partial charge is 0.240 e. The van der Waals surface area contributed by atoms with Crippen molar-refractivity contribution in [1.82, 2.24) is 10.2 Å². The number of nitrogens with zero attached hydrogens (tertiary/aromatic N) is 1. The zero-order valence-electron chi connectivity index (χ0n) is 11.4. The maximum Gasteiger partial charge on any atom is 0.240 e. The number of amides is 2. The van der Waals surface area contributed by atoms with Gasteiger partial charge >= 0.3 is 0 Å². The van der Waals surface area contributed by atoms with Gasteiger partial charge in [0.25, 0.3) is 0 Å². The summed E-state index contributed by atoms with van der Waals surface area (Å²) < 4.78 is 0. The minimum atomic E-state index is -0.659. The zero-order valence-corrected chi connectivity index (χ0v) is 11.4. The van der Waals surface area contributed by atoms with E-state index in [1.54, 1.807) is 0 Å². The Morgan fingerprint density at radius 1 is 1.53 bits per heavy atom. The van der Waals surface area contributed by atoms with Gasteiger partial charge in [0, 0.05) is 19.5 Å². The van der Waals surface area contributed by atoms with E-state index in [0.29, 0.717) is 6.54 Å². The number of nitrogens with one attached hydrogen (secondary N) is 1. The van der Waals surface area contributed by atoms with Gasteiger partial charge in [0.05, 0.1) is 11.5 Å². The number of piperidine rings is 1. The molecule has 2 saturated heterocycles. The summed E-state index contributed by atoms with van der Waals surface area (Å²) in [6, 6.07) is -0.659. The van der Waals surface area contributed by atoms with Crippen molar-refractivity contribution in [3.63, 3.8) is 0 Å². The summed E-state index contributed by atoms with van der Waals surface area (Å²) in [5.74, 6) is -0.567. The van der Waals surface area contributed by atoms with Crippen molar-refractivity contribution >= 4 is 11.8 Å². The average molecular weight is 269 g/mol. The molecular formula is C13H23N3O3. The van der Waals surface area contributed by atoms with Crippen LogP contribution in [0.4, 0.5) is 0 Å². The van der Waals surface area contributed by atoms with Crippen LogP contribution in [0, 0.1) is 5.41 Å². The summed E-state index contributed by atoms with van der Waals surface area (Å²) in [5.41, 5.74) is 4.89. The molecule has 2 aliphatic rings. The molecule has 2 amide bonds. The number of aliphatic hydroxyl groups excluding tert-OH is 1. The summed E-state index contributed by atoms with van der Waals surface area (Å²) in [7, 11) is 0. The fourth-order valence-electron chi connectivity index (χ4n) is 3.22. The quantitative estimate of drug-likeness (QED) is 0.626. The number of nitrogens with two attached hydrogens (primary N) is 1. The van der Waals surface area contributed by atoms with Crippen LogP contribution in [0.15, 0.2) is 0 Å². The van der Waals surface area contributed by atoms with Gasteiger partial charge < -0.3 is 21.1 Å². The molecule has 0 radical (unpaired) electrons. The van der Waals surface area contributed by atoms with Gasteiger partial charge in [0.1, 0.15) is 6.04 Å². The van der Waals surface area contributed by atoms with Crippen molar-refractivity contribution in [2.45, 2.75) is 44.8 Å². The van der Waals surface area contributed by atoms with Gasteiger partial charge in [-0.05, 0) is 25.8 Å². The van der Waals surface area contributed by atoms with E-state index in [-0.39, 0.29) is 18.9 Å². The highest BCUT2D eigenvalue weighted by Crippen LogP contribution is 2.34. The van der Waals surface area contributed by atoms with Crippen LogP contribution in [0.1, 0.15) is 32.6 Å². The van der Waals surface area contributed by atoms with Crippen molar-refractivity contribution < 1.29 is 14.7 Å². The Balaban J connectivity index is 2.19. The Kier molecular flexibility index (Phi) is 4.10. The lowest BCUT2D eigenvalue weighted by Gasteiger charge is -2.39. The molecule has 2 aliphatic heterocycles. The molecule has 6 nitrogen and oxygen atoms in total. The normalized spacial score (nSPS) is 35.4.